The standard InChI is InChI=1S/C40H25N5O/c1-2-29-14-4-3-5-15-31-30-22-21-27(25-36(30)45(40(31)46-29)37-20-10-11-24-42-37)43-34-18-8-6-16-32(34)38-33-17-7-9-19-35(33)44(39(38)43)28-13-12-23-41-26-28/h1,3-6,8,10-14,16-26,29H,15H2/b5-3-,14-4-. The molecule has 6 heterocycles. The lowest BCUT2D eigenvalue weighted by molar-refractivity contribution is 0.286. The molecule has 0 bridgehead atoms. The first-order chi connectivity index (χ1) is 22.8. The number of terminal acetylenes is 1. The molecule has 0 saturated carbocycles. The van der Waals surface area contributed by atoms with Crippen molar-refractivity contribution in [3.8, 4) is 35.4 Å². The van der Waals surface area contributed by atoms with Crippen molar-refractivity contribution < 1.29 is 4.74 Å². The van der Waals surface area contributed by atoms with E-state index in [-0.39, 0.29) is 0 Å². The summed E-state index contributed by atoms with van der Waals surface area (Å²) in [5.74, 6) is 4.23. The number of nitrogens with zero attached hydrogens (tertiary/aromatic N) is 5. The van der Waals surface area contributed by atoms with E-state index in [9.17, 15) is 0 Å². The van der Waals surface area contributed by atoms with E-state index in [2.05, 4.69) is 90.7 Å². The summed E-state index contributed by atoms with van der Waals surface area (Å²) in [6.45, 7) is 0. The number of rotatable bonds is 3. The molecule has 0 fully saturated rings. The van der Waals surface area contributed by atoms with Crippen LogP contribution in [0.3, 0.4) is 0 Å². The van der Waals surface area contributed by atoms with Crippen molar-refractivity contribution in [3.05, 3.63) is 144 Å². The van der Waals surface area contributed by atoms with Gasteiger partial charge in [0.15, 0.2) is 6.10 Å². The van der Waals surface area contributed by atoms with E-state index in [0.717, 1.165) is 66.9 Å². The van der Waals surface area contributed by atoms with E-state index in [0.29, 0.717) is 12.3 Å². The van der Waals surface area contributed by atoms with Crippen molar-refractivity contribution in [2.75, 3.05) is 0 Å². The van der Waals surface area contributed by atoms with Gasteiger partial charge in [0.2, 0.25) is 5.88 Å². The molecule has 0 spiro atoms. The number of allylic oxidation sites excluding steroid dienone is 3. The molecule has 1 atom stereocenters. The Bertz CT molecular complexity index is 2560. The molecule has 9 rings (SSSR count). The van der Waals surface area contributed by atoms with Crippen molar-refractivity contribution in [2.45, 2.75) is 12.5 Å². The predicted molar refractivity (Wildman–Crippen MR) is 184 cm³/mol. The minimum atomic E-state index is -0.524. The fourth-order valence-electron chi connectivity index (χ4n) is 6.76. The second-order valence-electron chi connectivity index (χ2n) is 11.2. The maximum absolute atomic E-state index is 6.56. The maximum Gasteiger partial charge on any atom is 0.205 e. The molecule has 0 saturated heterocycles. The molecule has 2 aromatic carbocycles. The number of para-hydroxylation sites is 1. The molecule has 0 N–H and O–H groups in total. The van der Waals surface area contributed by atoms with Gasteiger partial charge in [-0.05, 0) is 61.0 Å². The Balaban J connectivity index is 1.40. The normalized spacial score (nSPS) is 16.4. The topological polar surface area (TPSA) is 49.8 Å². The number of benzene rings is 2. The average Bonchev–Trinajstić information content (AvgIpc) is 3.75. The number of hydrogen-bond acceptors (Lipinski definition) is 3. The first-order valence-corrected chi connectivity index (χ1v) is 15.1. The van der Waals surface area contributed by atoms with Gasteiger partial charge in [-0.25, -0.2) is 4.98 Å². The van der Waals surface area contributed by atoms with Crippen LogP contribution in [0.4, 0.5) is 0 Å². The van der Waals surface area contributed by atoms with Crippen LogP contribution in [0.2, 0.25) is 0 Å². The van der Waals surface area contributed by atoms with Gasteiger partial charge >= 0.3 is 0 Å². The van der Waals surface area contributed by atoms with Crippen LogP contribution in [-0.4, -0.2) is 29.8 Å². The molecule has 216 valence electrons. The summed E-state index contributed by atoms with van der Waals surface area (Å²) >= 11 is 0. The van der Waals surface area contributed by atoms with Crippen molar-refractivity contribution in [2.24, 2.45) is 0 Å². The lowest BCUT2D eigenvalue weighted by Gasteiger charge is -2.15. The fraction of sp³-hybridized carbons (Fsp3) is 0.0500. The van der Waals surface area contributed by atoms with E-state index >= 15 is 0 Å². The van der Waals surface area contributed by atoms with Crippen LogP contribution in [0.1, 0.15) is 16.8 Å². The Morgan fingerprint density at radius 2 is 1.74 bits per heavy atom. The second kappa shape index (κ2) is 10.3. The lowest BCUT2D eigenvalue weighted by atomic mass is 10.1. The summed E-state index contributed by atoms with van der Waals surface area (Å²) in [7, 11) is 0. The summed E-state index contributed by atoms with van der Waals surface area (Å²) in [4.78, 5) is 9.23. The number of pyridine rings is 2. The Morgan fingerprint density at radius 3 is 2.61 bits per heavy atom. The van der Waals surface area contributed by atoms with Crippen LogP contribution in [0.25, 0.3) is 62.2 Å². The minimum Gasteiger partial charge on any atom is -0.458 e. The van der Waals surface area contributed by atoms with Gasteiger partial charge in [0.05, 0.1) is 28.6 Å². The van der Waals surface area contributed by atoms with Gasteiger partial charge in [0.25, 0.3) is 0 Å². The van der Waals surface area contributed by atoms with Crippen molar-refractivity contribution in [1.29, 1.82) is 0 Å². The monoisotopic (exact) mass is 591 g/mol. The Labute approximate surface area is 264 Å². The number of ether oxygens (including phenoxy) is 1. The van der Waals surface area contributed by atoms with Crippen molar-refractivity contribution in [3.63, 3.8) is 0 Å². The van der Waals surface area contributed by atoms with Gasteiger partial charge in [-0.3, -0.25) is 18.7 Å². The first kappa shape index (κ1) is 25.9. The van der Waals surface area contributed by atoms with Crippen LogP contribution in [-0.2, 0) is 6.42 Å². The van der Waals surface area contributed by atoms with E-state index in [1.54, 1.807) is 12.4 Å². The molecule has 6 nitrogen and oxygen atoms in total. The molecule has 7 aromatic rings. The highest BCUT2D eigenvalue weighted by molar-refractivity contribution is 6.14. The Hall–Kier alpha value is -6.50. The van der Waals surface area contributed by atoms with Crippen molar-refractivity contribution in [1.82, 2.24) is 23.7 Å². The Kier molecular flexibility index (Phi) is 5.81. The molecule has 1 unspecified atom stereocenters. The Morgan fingerprint density at radius 1 is 0.826 bits per heavy atom. The summed E-state index contributed by atoms with van der Waals surface area (Å²) < 4.78 is 13.3. The van der Waals surface area contributed by atoms with Gasteiger partial charge in [0.1, 0.15) is 11.5 Å². The smallest absolute Gasteiger partial charge is 0.205 e. The molecule has 0 radical (unpaired) electrons. The van der Waals surface area contributed by atoms with Gasteiger partial charge in [-0.2, -0.15) is 0 Å². The zero-order chi connectivity index (χ0) is 30.6. The number of fused-ring (bicyclic) bond motifs is 8. The summed E-state index contributed by atoms with van der Waals surface area (Å²) in [5.41, 5.74) is 14.7. The second-order valence-corrected chi connectivity index (χ2v) is 11.2. The fourth-order valence-corrected chi connectivity index (χ4v) is 6.76. The molecule has 6 heteroatoms. The van der Waals surface area contributed by atoms with Crippen LogP contribution in [0.5, 0.6) is 5.88 Å². The maximum atomic E-state index is 6.56. The molecule has 5 aromatic heterocycles. The highest BCUT2D eigenvalue weighted by Gasteiger charge is 2.27. The van der Waals surface area contributed by atoms with E-state index in [4.69, 9.17) is 16.1 Å². The summed E-state index contributed by atoms with van der Waals surface area (Å²) in [6, 6.07) is 25.1. The quantitative estimate of drug-likeness (QED) is 0.154. The molecular formula is C40H25N5O. The molecule has 1 aliphatic heterocycles. The number of aromatic nitrogens is 5. The van der Waals surface area contributed by atoms with Gasteiger partial charge in [0, 0.05) is 51.4 Å². The third-order valence-corrected chi connectivity index (χ3v) is 8.66. The SMILES string of the molecule is C#CC1/C=C\C=C/Cc2c(n(-c3ccccn3)c3cc(-n4c5ccccc5c5c6c(n(-c7cccnc7)c54)C=C=C=C6)ccc23)O1. The molecule has 46 heavy (non-hydrogen) atoms. The largest absolute Gasteiger partial charge is 0.458 e. The molecule has 0 amide bonds. The van der Waals surface area contributed by atoms with Crippen LogP contribution < -0.4 is 4.74 Å². The van der Waals surface area contributed by atoms with Crippen LogP contribution >= 0.6 is 0 Å². The highest BCUT2D eigenvalue weighted by atomic mass is 16.5. The highest BCUT2D eigenvalue weighted by Crippen LogP contribution is 2.43. The van der Waals surface area contributed by atoms with E-state index in [1.165, 1.54) is 0 Å². The minimum absolute atomic E-state index is 0.524. The molecule has 2 aliphatic rings. The third kappa shape index (κ3) is 3.81. The number of hydrogen-bond donors (Lipinski definition) is 0. The van der Waals surface area contributed by atoms with Gasteiger partial charge < -0.3 is 4.74 Å². The lowest BCUT2D eigenvalue weighted by Crippen LogP contribution is -2.14. The van der Waals surface area contributed by atoms with Gasteiger partial charge in [-0.15, -0.1) is 6.42 Å². The average molecular weight is 592 g/mol. The molecule has 1 aliphatic carbocycles. The van der Waals surface area contributed by atoms with Crippen LogP contribution in [0.15, 0.2) is 127 Å². The zero-order valence-corrected chi connectivity index (χ0v) is 24.6. The zero-order valence-electron chi connectivity index (χ0n) is 24.6. The van der Waals surface area contributed by atoms with E-state index < -0.39 is 6.10 Å². The summed E-state index contributed by atoms with van der Waals surface area (Å²) in [5, 5.41) is 3.39. The first-order valence-electron chi connectivity index (χ1n) is 15.1. The predicted octanol–water partition coefficient (Wildman–Crippen LogP) is 8.15. The van der Waals surface area contributed by atoms with Crippen molar-refractivity contribution >= 4 is 45.0 Å². The van der Waals surface area contributed by atoms with Crippen LogP contribution in [0, 0.1) is 12.3 Å². The summed E-state index contributed by atoms with van der Waals surface area (Å²) in [6.07, 6.45) is 23.6. The van der Waals surface area contributed by atoms with E-state index in [1.807, 2.05) is 60.8 Å². The molecular weight excluding hydrogens is 566 g/mol. The third-order valence-electron chi connectivity index (χ3n) is 8.66. The van der Waals surface area contributed by atoms with Gasteiger partial charge in [-0.1, -0.05) is 65.9 Å².